The molecular weight excluding hydrogens is 440 g/mol. The van der Waals surface area contributed by atoms with Crippen molar-refractivity contribution in [2.45, 2.75) is 45.7 Å². The molecule has 0 radical (unpaired) electrons. The first-order valence-corrected chi connectivity index (χ1v) is 11.3. The highest BCUT2D eigenvalue weighted by Gasteiger charge is 2.33. The van der Waals surface area contributed by atoms with E-state index in [1.165, 1.54) is 11.5 Å². The first kappa shape index (κ1) is 25.8. The quantitative estimate of drug-likeness (QED) is 0.352. The number of hydrogen-bond acceptors (Lipinski definition) is 10. The fourth-order valence-corrected chi connectivity index (χ4v) is 3.84. The van der Waals surface area contributed by atoms with Crippen LogP contribution >= 0.6 is 11.5 Å². The highest BCUT2D eigenvalue weighted by Crippen LogP contribution is 2.21. The number of ether oxygens (including phenoxy) is 3. The number of aryl methyl sites for hydroxylation is 1. The summed E-state index contributed by atoms with van der Waals surface area (Å²) in [5, 5.41) is 9.18. The highest BCUT2D eigenvalue weighted by atomic mass is 32.1. The monoisotopic (exact) mass is 470 g/mol. The fraction of sp³-hybridized carbons (Fsp3) is 0.700. The lowest BCUT2D eigenvalue weighted by atomic mass is 9.87. The largest absolute Gasteiger partial charge is 0.447 e. The van der Waals surface area contributed by atoms with Crippen LogP contribution in [0.1, 0.15) is 37.3 Å². The SMILES string of the molecule is COCCOCCOC(=O)NC(C(=O)CC1CCc2nnsc2CNC(=O)C1=O)C(C)C. The van der Waals surface area contributed by atoms with Gasteiger partial charge in [0.25, 0.3) is 5.91 Å². The average Bonchev–Trinajstić information content (AvgIpc) is 3.22. The van der Waals surface area contributed by atoms with E-state index in [4.69, 9.17) is 14.2 Å². The Morgan fingerprint density at radius 2 is 1.97 bits per heavy atom. The molecule has 2 heterocycles. The Balaban J connectivity index is 1.93. The number of aromatic nitrogens is 2. The van der Waals surface area contributed by atoms with Gasteiger partial charge >= 0.3 is 6.09 Å². The van der Waals surface area contributed by atoms with E-state index in [1.54, 1.807) is 21.0 Å². The van der Waals surface area contributed by atoms with Gasteiger partial charge in [-0.25, -0.2) is 4.79 Å². The number of nitrogens with one attached hydrogen (secondary N) is 2. The number of nitrogens with zero attached hydrogens (tertiary/aromatic N) is 2. The molecule has 0 bridgehead atoms. The molecule has 0 aromatic carbocycles. The maximum Gasteiger partial charge on any atom is 0.407 e. The lowest BCUT2D eigenvalue weighted by Crippen LogP contribution is -2.46. The molecule has 0 saturated heterocycles. The maximum atomic E-state index is 12.9. The summed E-state index contributed by atoms with van der Waals surface area (Å²) < 4.78 is 19.0. The van der Waals surface area contributed by atoms with Crippen molar-refractivity contribution in [3.05, 3.63) is 10.6 Å². The van der Waals surface area contributed by atoms with E-state index in [-0.39, 0.29) is 37.9 Å². The van der Waals surface area contributed by atoms with Crippen LogP contribution in [0.3, 0.4) is 0 Å². The number of alkyl carbamates (subject to hydrolysis) is 1. The fourth-order valence-electron chi connectivity index (χ4n) is 3.22. The van der Waals surface area contributed by atoms with Crippen molar-refractivity contribution in [2.75, 3.05) is 33.5 Å². The zero-order valence-electron chi connectivity index (χ0n) is 18.5. The van der Waals surface area contributed by atoms with Gasteiger partial charge in [0, 0.05) is 19.4 Å². The molecule has 178 valence electrons. The molecule has 1 aromatic rings. The van der Waals surface area contributed by atoms with E-state index in [1.807, 2.05) is 0 Å². The molecule has 12 heteroatoms. The molecule has 2 atom stereocenters. The van der Waals surface area contributed by atoms with Crippen molar-refractivity contribution in [3.8, 4) is 0 Å². The van der Waals surface area contributed by atoms with Gasteiger partial charge in [-0.1, -0.05) is 18.3 Å². The van der Waals surface area contributed by atoms with Gasteiger partial charge in [0.2, 0.25) is 5.78 Å². The van der Waals surface area contributed by atoms with Crippen LogP contribution in [0.2, 0.25) is 0 Å². The van der Waals surface area contributed by atoms with Gasteiger partial charge in [-0.15, -0.1) is 5.10 Å². The van der Waals surface area contributed by atoms with Gasteiger partial charge in [-0.2, -0.15) is 0 Å². The summed E-state index contributed by atoms with van der Waals surface area (Å²) in [6.45, 7) is 4.80. The number of rotatable bonds is 11. The Kier molecular flexibility index (Phi) is 10.6. The number of methoxy groups -OCH3 is 1. The third kappa shape index (κ3) is 7.92. The summed E-state index contributed by atoms with van der Waals surface area (Å²) in [5.41, 5.74) is 0.720. The van der Waals surface area contributed by atoms with E-state index in [0.717, 1.165) is 10.6 Å². The predicted octanol–water partition coefficient (Wildman–Crippen LogP) is 0.659. The van der Waals surface area contributed by atoms with Crippen LogP contribution in [0, 0.1) is 11.8 Å². The number of Topliss-reactive ketones (excluding diaryl/α,β-unsaturated/α-hetero) is 2. The standard InChI is InChI=1S/C20H30N4O7S/c1-12(2)17(22-20(28)31-9-8-30-7-6-29-3)15(25)10-13-4-5-14-16(32-24-23-14)11-21-19(27)18(13)26/h12-13,17H,4-11H2,1-3H3,(H,21,27)(H,22,28). The zero-order chi connectivity index (χ0) is 23.5. The molecule has 2 unspecified atom stereocenters. The second-order valence-electron chi connectivity index (χ2n) is 7.70. The second kappa shape index (κ2) is 13.2. The summed E-state index contributed by atoms with van der Waals surface area (Å²) in [4.78, 5) is 50.7. The van der Waals surface area contributed by atoms with Crippen LogP contribution in [0.15, 0.2) is 0 Å². The van der Waals surface area contributed by atoms with E-state index in [2.05, 4.69) is 20.2 Å². The molecule has 11 nitrogen and oxygen atoms in total. The smallest absolute Gasteiger partial charge is 0.407 e. The van der Waals surface area contributed by atoms with Crippen LogP contribution < -0.4 is 10.6 Å². The Morgan fingerprint density at radius 3 is 2.69 bits per heavy atom. The topological polar surface area (TPSA) is 146 Å². The zero-order valence-corrected chi connectivity index (χ0v) is 19.4. The molecule has 32 heavy (non-hydrogen) atoms. The molecule has 2 amide bonds. The molecule has 2 rings (SSSR count). The van der Waals surface area contributed by atoms with Crippen LogP contribution in [0.5, 0.6) is 0 Å². The van der Waals surface area contributed by atoms with Gasteiger partial charge < -0.3 is 24.8 Å². The van der Waals surface area contributed by atoms with Gasteiger partial charge in [0.15, 0.2) is 5.78 Å². The van der Waals surface area contributed by atoms with Crippen molar-refractivity contribution in [1.29, 1.82) is 0 Å². The van der Waals surface area contributed by atoms with Gasteiger partial charge in [-0.3, -0.25) is 14.4 Å². The van der Waals surface area contributed by atoms with Gasteiger partial charge in [-0.05, 0) is 30.3 Å². The molecule has 0 fully saturated rings. The third-order valence-corrected chi connectivity index (χ3v) is 5.76. The molecule has 0 spiro atoms. The van der Waals surface area contributed by atoms with Crippen LogP contribution in [0.25, 0.3) is 0 Å². The molecular formula is C20H30N4O7S. The van der Waals surface area contributed by atoms with Crippen molar-refractivity contribution < 1.29 is 33.4 Å². The summed E-state index contributed by atoms with van der Waals surface area (Å²) >= 11 is 1.17. The van der Waals surface area contributed by atoms with Crippen molar-refractivity contribution in [3.63, 3.8) is 0 Å². The predicted molar refractivity (Wildman–Crippen MR) is 114 cm³/mol. The Labute approximate surface area is 190 Å². The highest BCUT2D eigenvalue weighted by molar-refractivity contribution is 7.05. The maximum absolute atomic E-state index is 12.9. The summed E-state index contributed by atoms with van der Waals surface area (Å²) in [6.07, 6.45) is -0.175. The second-order valence-corrected chi connectivity index (χ2v) is 8.54. The van der Waals surface area contributed by atoms with Gasteiger partial charge in [0.05, 0.1) is 43.0 Å². The lowest BCUT2D eigenvalue weighted by Gasteiger charge is -2.23. The Bertz CT molecular complexity index is 799. The molecule has 0 saturated carbocycles. The van der Waals surface area contributed by atoms with E-state index < -0.39 is 29.7 Å². The van der Waals surface area contributed by atoms with E-state index in [9.17, 15) is 19.2 Å². The molecule has 1 aromatic heterocycles. The number of carbonyl (C=O) groups excluding carboxylic acids is 4. The van der Waals surface area contributed by atoms with Crippen molar-refractivity contribution in [1.82, 2.24) is 20.2 Å². The molecule has 2 N–H and O–H groups in total. The summed E-state index contributed by atoms with van der Waals surface area (Å²) in [7, 11) is 1.56. The first-order chi connectivity index (χ1) is 15.3. The van der Waals surface area contributed by atoms with Crippen molar-refractivity contribution >= 4 is 35.1 Å². The van der Waals surface area contributed by atoms with Gasteiger partial charge in [0.1, 0.15) is 6.61 Å². The van der Waals surface area contributed by atoms with Crippen molar-refractivity contribution in [2.24, 2.45) is 11.8 Å². The summed E-state index contributed by atoms with van der Waals surface area (Å²) in [6, 6.07) is -0.850. The minimum absolute atomic E-state index is 0.0276. The first-order valence-electron chi connectivity index (χ1n) is 10.5. The minimum atomic E-state index is -0.850. The Hall–Kier alpha value is -2.44. The van der Waals surface area contributed by atoms with E-state index in [0.29, 0.717) is 26.1 Å². The Morgan fingerprint density at radius 1 is 1.22 bits per heavy atom. The summed E-state index contributed by atoms with van der Waals surface area (Å²) in [5.74, 6) is -2.74. The van der Waals surface area contributed by atoms with Crippen LogP contribution in [-0.4, -0.2) is 72.7 Å². The molecule has 1 aliphatic heterocycles. The number of hydrogen-bond donors (Lipinski definition) is 2. The minimum Gasteiger partial charge on any atom is -0.447 e. The number of carbonyl (C=O) groups is 4. The normalized spacial score (nSPS) is 17.6. The number of amides is 2. The number of ketones is 2. The van der Waals surface area contributed by atoms with Crippen LogP contribution in [-0.2, 0) is 41.6 Å². The molecule has 1 aliphatic rings. The van der Waals surface area contributed by atoms with Crippen LogP contribution in [0.4, 0.5) is 4.79 Å². The third-order valence-electron chi connectivity index (χ3n) is 5.00. The lowest BCUT2D eigenvalue weighted by molar-refractivity contribution is -0.141. The number of fused-ring (bicyclic) bond motifs is 1. The van der Waals surface area contributed by atoms with E-state index >= 15 is 0 Å². The average molecular weight is 471 g/mol. The molecule has 0 aliphatic carbocycles.